The molecule has 0 bridgehead atoms. The van der Waals surface area contributed by atoms with Gasteiger partial charge in [-0.1, -0.05) is 65.8 Å². The molecule has 0 aromatic heterocycles. The number of hydrogen-bond donors (Lipinski definition) is 0. The van der Waals surface area contributed by atoms with Crippen molar-refractivity contribution in [1.82, 2.24) is 0 Å². The quantitative estimate of drug-likeness (QED) is 0.637. The molecule has 0 atom stereocenters. The molecule has 86 valence electrons. The van der Waals surface area contributed by atoms with Crippen LogP contribution < -0.4 is 23.7 Å². The van der Waals surface area contributed by atoms with Crippen molar-refractivity contribution in [3.63, 3.8) is 0 Å². The van der Waals surface area contributed by atoms with Gasteiger partial charge in [0, 0.05) is 22.8 Å². The van der Waals surface area contributed by atoms with Crippen molar-refractivity contribution in [2.24, 2.45) is 0 Å². The molecule has 0 radical (unpaired) electrons. The molecular formula is C9H27LiOSi4. The maximum Gasteiger partial charge on any atom is 1.00 e. The number of rotatable bonds is 3. The molecule has 0 aromatic carbocycles. The predicted octanol–water partition coefficient (Wildman–Crippen LogP) is -0.454. The van der Waals surface area contributed by atoms with Gasteiger partial charge in [0.1, 0.15) is 0 Å². The van der Waals surface area contributed by atoms with Crippen molar-refractivity contribution >= 4 is 29.6 Å². The Morgan fingerprint density at radius 1 is 0.533 bits per heavy atom. The molecule has 0 aliphatic rings. The van der Waals surface area contributed by atoms with E-state index in [9.17, 15) is 4.80 Å². The average molecular weight is 271 g/mol. The van der Waals surface area contributed by atoms with E-state index in [0.717, 1.165) is 0 Å². The zero-order chi connectivity index (χ0) is 12.0. The van der Waals surface area contributed by atoms with Gasteiger partial charge < -0.3 is 4.80 Å². The molecule has 1 nitrogen and oxygen atoms in total. The van der Waals surface area contributed by atoms with Crippen LogP contribution in [0.3, 0.4) is 0 Å². The SMILES string of the molecule is C[Si](C)(C)[Si]([O-])([Si](C)(C)C)[Si](C)(C)C.[Li+]. The van der Waals surface area contributed by atoms with Crippen molar-refractivity contribution < 1.29 is 23.7 Å². The Labute approximate surface area is 112 Å². The molecule has 0 fully saturated rings. The van der Waals surface area contributed by atoms with Crippen LogP contribution in [-0.4, -0.2) is 29.6 Å². The van der Waals surface area contributed by atoms with Gasteiger partial charge in [-0.3, -0.25) is 0 Å². The molecule has 15 heavy (non-hydrogen) atoms. The third kappa shape index (κ3) is 3.44. The molecule has 0 rings (SSSR count). The van der Waals surface area contributed by atoms with Gasteiger partial charge in [0.25, 0.3) is 0 Å². The maximum atomic E-state index is 13.5. The van der Waals surface area contributed by atoms with Crippen molar-refractivity contribution in [3.8, 4) is 0 Å². The summed E-state index contributed by atoms with van der Waals surface area (Å²) in [5.41, 5.74) is 0. The summed E-state index contributed by atoms with van der Waals surface area (Å²) < 4.78 is 0. The third-order valence-corrected chi connectivity index (χ3v) is 69.0. The Balaban J connectivity index is 0. The first-order valence-corrected chi connectivity index (χ1v) is 20.9. The van der Waals surface area contributed by atoms with E-state index in [-0.39, 0.29) is 18.9 Å². The molecule has 6 heteroatoms. The molecule has 0 spiro atoms. The molecule has 0 aliphatic heterocycles. The molecule has 0 saturated heterocycles. The Hall–Kier alpha value is 1.42. The van der Waals surface area contributed by atoms with Crippen LogP contribution in [0.5, 0.6) is 0 Å². The first kappa shape index (κ1) is 18.8. The Morgan fingerprint density at radius 3 is 0.667 bits per heavy atom. The van der Waals surface area contributed by atoms with E-state index in [2.05, 4.69) is 58.9 Å². The van der Waals surface area contributed by atoms with Crippen molar-refractivity contribution in [1.29, 1.82) is 0 Å². The van der Waals surface area contributed by atoms with E-state index >= 15 is 0 Å². The summed E-state index contributed by atoms with van der Waals surface area (Å²) in [5, 5.41) is 0. The molecule has 0 saturated carbocycles. The van der Waals surface area contributed by atoms with Gasteiger partial charge in [0.2, 0.25) is 0 Å². The van der Waals surface area contributed by atoms with Crippen LogP contribution in [-0.2, 0) is 0 Å². The minimum absolute atomic E-state index is 0. The van der Waals surface area contributed by atoms with E-state index < -0.39 is 29.6 Å². The van der Waals surface area contributed by atoms with Crippen molar-refractivity contribution in [2.75, 3.05) is 0 Å². The predicted molar refractivity (Wildman–Crippen MR) is 75.8 cm³/mol. The van der Waals surface area contributed by atoms with E-state index in [0.29, 0.717) is 0 Å². The van der Waals surface area contributed by atoms with Crippen LogP contribution in [0.25, 0.3) is 0 Å². The fourth-order valence-electron chi connectivity index (χ4n) is 3.38. The van der Waals surface area contributed by atoms with Gasteiger partial charge in [-0.05, 0) is 0 Å². The third-order valence-electron chi connectivity index (χ3n) is 3.17. The minimum Gasteiger partial charge on any atom is -0.863 e. The standard InChI is InChI=1S/C9H27OSi4.Li/c1-11(2,3)14(10,12(4,5)6)13(7,8)9;/h1-9H3;/q-1;+1. The first-order valence-electron chi connectivity index (χ1n) is 5.45. The summed E-state index contributed by atoms with van der Waals surface area (Å²) in [6.07, 6.45) is 0. The molecule has 0 aliphatic carbocycles. The van der Waals surface area contributed by atoms with Crippen LogP contribution in [0, 0.1) is 0 Å². The summed E-state index contributed by atoms with van der Waals surface area (Å²) in [7, 11) is -4.42. The maximum absolute atomic E-state index is 13.5. The Bertz CT molecular complexity index is 176. The summed E-state index contributed by atoms with van der Waals surface area (Å²) in [4.78, 5) is 13.5. The zero-order valence-electron chi connectivity index (χ0n) is 12.4. The van der Waals surface area contributed by atoms with Crippen molar-refractivity contribution in [3.05, 3.63) is 0 Å². The van der Waals surface area contributed by atoms with Gasteiger partial charge in [-0.25, -0.2) is 0 Å². The van der Waals surface area contributed by atoms with Crippen LogP contribution in [0.1, 0.15) is 0 Å². The molecular weight excluding hydrogens is 243 g/mol. The topological polar surface area (TPSA) is 23.1 Å². The second kappa shape index (κ2) is 4.97. The van der Waals surface area contributed by atoms with Crippen LogP contribution in [0.15, 0.2) is 0 Å². The van der Waals surface area contributed by atoms with E-state index in [1.165, 1.54) is 0 Å². The zero-order valence-corrected chi connectivity index (χ0v) is 16.4. The molecule has 0 amide bonds. The molecule has 0 heterocycles. The second-order valence-corrected chi connectivity index (χ2v) is 46.6. The average Bonchev–Trinajstić information content (AvgIpc) is 1.77. The molecule has 0 unspecified atom stereocenters. The van der Waals surface area contributed by atoms with E-state index in [1.807, 2.05) is 0 Å². The van der Waals surface area contributed by atoms with Crippen LogP contribution >= 0.6 is 0 Å². The fourth-order valence-corrected chi connectivity index (χ4v) is 91.1. The fraction of sp³-hybridized carbons (Fsp3) is 1.00. The monoisotopic (exact) mass is 270 g/mol. The van der Waals surface area contributed by atoms with E-state index in [1.54, 1.807) is 0 Å². The number of hydrogen-bond acceptors (Lipinski definition) is 1. The minimum atomic E-state index is -2.19. The molecule has 0 N–H and O–H groups in total. The Morgan fingerprint density at radius 2 is 0.667 bits per heavy atom. The summed E-state index contributed by atoms with van der Waals surface area (Å²) >= 11 is 0. The van der Waals surface area contributed by atoms with Gasteiger partial charge >= 0.3 is 18.9 Å². The second-order valence-electron chi connectivity index (χ2n) is 7.43. The van der Waals surface area contributed by atoms with Gasteiger partial charge in [-0.15, -0.1) is 0 Å². The van der Waals surface area contributed by atoms with Crippen LogP contribution in [0.4, 0.5) is 0 Å². The van der Waals surface area contributed by atoms with E-state index in [4.69, 9.17) is 0 Å². The van der Waals surface area contributed by atoms with Gasteiger partial charge in [-0.2, -0.15) is 0 Å². The van der Waals surface area contributed by atoms with Crippen LogP contribution in [0.2, 0.25) is 58.9 Å². The normalized spacial score (nSPS) is 14.8. The van der Waals surface area contributed by atoms with Crippen molar-refractivity contribution in [2.45, 2.75) is 58.9 Å². The summed E-state index contributed by atoms with van der Waals surface area (Å²) in [6.45, 7) is 18.7. The van der Waals surface area contributed by atoms with Gasteiger partial charge in [0.05, 0.1) is 0 Å². The Kier molecular flexibility index (Phi) is 6.22. The summed E-state index contributed by atoms with van der Waals surface area (Å²) in [5.74, 6) is 0. The van der Waals surface area contributed by atoms with Gasteiger partial charge in [0.15, 0.2) is 0 Å². The largest absolute Gasteiger partial charge is 1.00 e. The first-order chi connectivity index (χ1) is 5.75. The molecule has 0 aromatic rings. The summed E-state index contributed by atoms with van der Waals surface area (Å²) in [6, 6.07) is 0. The smallest absolute Gasteiger partial charge is 0.863 e.